The van der Waals surface area contributed by atoms with E-state index >= 15 is 0 Å². The second-order valence-corrected chi connectivity index (χ2v) is 5.05. The van der Waals surface area contributed by atoms with Gasteiger partial charge in [-0.1, -0.05) is 13.0 Å². The van der Waals surface area contributed by atoms with E-state index in [1.165, 1.54) is 12.8 Å². The van der Waals surface area contributed by atoms with Crippen LogP contribution in [0.4, 0.5) is 0 Å². The van der Waals surface area contributed by atoms with E-state index < -0.39 is 0 Å². The molecular weight excluding hydrogens is 206 g/mol. The number of carbonyl (C=O) groups is 1. The van der Waals surface area contributed by atoms with E-state index in [9.17, 15) is 4.79 Å². The van der Waals surface area contributed by atoms with Crippen molar-refractivity contribution in [2.45, 2.75) is 32.2 Å². The largest absolute Gasteiger partial charge is 0.293 e. The lowest BCUT2D eigenvalue weighted by Gasteiger charge is -2.19. The smallest absolute Gasteiger partial charge is 0.186 e. The van der Waals surface area contributed by atoms with Crippen LogP contribution in [0.25, 0.3) is 0 Å². The lowest BCUT2D eigenvalue weighted by molar-refractivity contribution is 0.0929. The molecule has 3 heteroatoms. The molecule has 1 aliphatic carbocycles. The molecule has 0 unspecified atom stereocenters. The highest BCUT2D eigenvalue weighted by Crippen LogP contribution is 2.27. The minimum Gasteiger partial charge on any atom is -0.293 e. The number of hydrogen-bond acceptors (Lipinski definition) is 3. The summed E-state index contributed by atoms with van der Waals surface area (Å²) >= 11 is 1.55. The third kappa shape index (κ3) is 2.89. The average molecular weight is 223 g/mol. The Bertz CT molecular complexity index is 316. The molecule has 2 nitrogen and oxygen atoms in total. The highest BCUT2D eigenvalue weighted by molar-refractivity contribution is 7.12. The summed E-state index contributed by atoms with van der Waals surface area (Å²) in [7, 11) is 0. The van der Waals surface area contributed by atoms with Crippen LogP contribution in [-0.2, 0) is 0 Å². The van der Waals surface area contributed by atoms with Crippen molar-refractivity contribution in [3.05, 3.63) is 22.4 Å². The van der Waals surface area contributed by atoms with Crippen molar-refractivity contribution in [1.29, 1.82) is 0 Å². The molecule has 0 spiro atoms. The third-order valence-electron chi connectivity index (χ3n) is 2.72. The van der Waals surface area contributed by atoms with Gasteiger partial charge in [0, 0.05) is 6.04 Å². The van der Waals surface area contributed by atoms with Gasteiger partial charge in [-0.25, -0.2) is 0 Å². The molecule has 0 aliphatic heterocycles. The van der Waals surface area contributed by atoms with Gasteiger partial charge in [0.2, 0.25) is 0 Å². The van der Waals surface area contributed by atoms with Crippen molar-refractivity contribution in [3.8, 4) is 0 Å². The predicted molar refractivity (Wildman–Crippen MR) is 63.5 cm³/mol. The van der Waals surface area contributed by atoms with Crippen LogP contribution in [0.3, 0.4) is 0 Å². The molecule has 0 N–H and O–H groups in total. The number of rotatable bonds is 6. The molecule has 1 fully saturated rings. The SMILES string of the molecule is CCCN(CC(=O)c1cccs1)C1CC1. The van der Waals surface area contributed by atoms with E-state index in [1.807, 2.05) is 17.5 Å². The van der Waals surface area contributed by atoms with Crippen LogP contribution in [0.2, 0.25) is 0 Å². The molecule has 0 aromatic carbocycles. The minimum atomic E-state index is 0.283. The van der Waals surface area contributed by atoms with Gasteiger partial charge in [-0.3, -0.25) is 9.69 Å². The standard InChI is InChI=1S/C12H17NOS/c1-2-7-13(10-5-6-10)9-11(14)12-4-3-8-15-12/h3-4,8,10H,2,5-7,9H2,1H3. The van der Waals surface area contributed by atoms with Gasteiger partial charge in [0.05, 0.1) is 11.4 Å². The summed E-state index contributed by atoms with van der Waals surface area (Å²) in [5.41, 5.74) is 0. The highest BCUT2D eigenvalue weighted by Gasteiger charge is 2.29. The van der Waals surface area contributed by atoms with E-state index in [4.69, 9.17) is 0 Å². The number of hydrogen-bond donors (Lipinski definition) is 0. The zero-order chi connectivity index (χ0) is 10.7. The van der Waals surface area contributed by atoms with Gasteiger partial charge in [-0.15, -0.1) is 11.3 Å². The number of ketones is 1. The van der Waals surface area contributed by atoms with Gasteiger partial charge in [-0.2, -0.15) is 0 Å². The topological polar surface area (TPSA) is 20.3 Å². The Labute approximate surface area is 94.9 Å². The van der Waals surface area contributed by atoms with Crippen molar-refractivity contribution in [2.24, 2.45) is 0 Å². The van der Waals surface area contributed by atoms with Crippen LogP contribution < -0.4 is 0 Å². The Hall–Kier alpha value is -0.670. The molecule has 0 radical (unpaired) electrons. The number of thiophene rings is 1. The molecular formula is C12H17NOS. The Morgan fingerprint density at radius 2 is 2.40 bits per heavy atom. The lowest BCUT2D eigenvalue weighted by Crippen LogP contribution is -2.32. The second kappa shape index (κ2) is 4.90. The van der Waals surface area contributed by atoms with Crippen LogP contribution in [0, 0.1) is 0 Å². The van der Waals surface area contributed by atoms with Gasteiger partial charge in [0.25, 0.3) is 0 Å². The van der Waals surface area contributed by atoms with E-state index in [0.717, 1.165) is 17.8 Å². The van der Waals surface area contributed by atoms with Crippen molar-refractivity contribution in [1.82, 2.24) is 4.90 Å². The molecule has 0 saturated heterocycles. The van der Waals surface area contributed by atoms with Gasteiger partial charge >= 0.3 is 0 Å². The molecule has 1 aromatic rings. The summed E-state index contributed by atoms with van der Waals surface area (Å²) in [6, 6.07) is 4.55. The summed E-state index contributed by atoms with van der Waals surface area (Å²) < 4.78 is 0. The Balaban J connectivity index is 1.91. The van der Waals surface area contributed by atoms with Crippen LogP contribution in [0.1, 0.15) is 35.9 Å². The predicted octanol–water partition coefficient (Wildman–Crippen LogP) is 2.81. The van der Waals surface area contributed by atoms with Gasteiger partial charge in [0.15, 0.2) is 5.78 Å². The van der Waals surface area contributed by atoms with Crippen LogP contribution in [0.15, 0.2) is 17.5 Å². The minimum absolute atomic E-state index is 0.283. The summed E-state index contributed by atoms with van der Waals surface area (Å²) in [4.78, 5) is 15.1. The van der Waals surface area contributed by atoms with Gasteiger partial charge in [0.1, 0.15) is 0 Å². The van der Waals surface area contributed by atoms with E-state index in [-0.39, 0.29) is 5.78 Å². The first-order chi connectivity index (χ1) is 7.31. The fourth-order valence-corrected chi connectivity index (χ4v) is 2.47. The van der Waals surface area contributed by atoms with E-state index in [2.05, 4.69) is 11.8 Å². The maximum atomic E-state index is 11.9. The lowest BCUT2D eigenvalue weighted by atomic mass is 10.3. The zero-order valence-corrected chi connectivity index (χ0v) is 9.93. The highest BCUT2D eigenvalue weighted by atomic mass is 32.1. The summed E-state index contributed by atoms with van der Waals surface area (Å²) in [6.07, 6.45) is 3.68. The fraction of sp³-hybridized carbons (Fsp3) is 0.583. The van der Waals surface area contributed by atoms with E-state index in [0.29, 0.717) is 12.6 Å². The molecule has 1 saturated carbocycles. The van der Waals surface area contributed by atoms with Crippen molar-refractivity contribution in [2.75, 3.05) is 13.1 Å². The summed E-state index contributed by atoms with van der Waals surface area (Å²) in [5, 5.41) is 1.97. The summed E-state index contributed by atoms with van der Waals surface area (Å²) in [6.45, 7) is 3.84. The van der Waals surface area contributed by atoms with Crippen molar-refractivity contribution < 1.29 is 4.79 Å². The van der Waals surface area contributed by atoms with Crippen LogP contribution in [-0.4, -0.2) is 29.8 Å². The monoisotopic (exact) mass is 223 g/mol. The molecule has 0 amide bonds. The maximum Gasteiger partial charge on any atom is 0.186 e. The summed E-state index contributed by atoms with van der Waals surface area (Å²) in [5.74, 6) is 0.283. The molecule has 2 rings (SSSR count). The molecule has 0 atom stereocenters. The van der Waals surface area contributed by atoms with Crippen molar-refractivity contribution >= 4 is 17.1 Å². The molecule has 1 heterocycles. The molecule has 1 aromatic heterocycles. The number of nitrogens with zero attached hydrogens (tertiary/aromatic N) is 1. The average Bonchev–Trinajstić information content (AvgIpc) is 2.92. The molecule has 15 heavy (non-hydrogen) atoms. The van der Waals surface area contributed by atoms with Crippen LogP contribution >= 0.6 is 11.3 Å². The van der Waals surface area contributed by atoms with Crippen molar-refractivity contribution in [3.63, 3.8) is 0 Å². The Kier molecular flexibility index (Phi) is 3.54. The Morgan fingerprint density at radius 3 is 2.93 bits per heavy atom. The molecule has 82 valence electrons. The Morgan fingerprint density at radius 1 is 1.60 bits per heavy atom. The first-order valence-corrected chi connectivity index (χ1v) is 6.50. The maximum absolute atomic E-state index is 11.9. The first kappa shape index (κ1) is 10.8. The molecule has 1 aliphatic rings. The third-order valence-corrected chi connectivity index (χ3v) is 3.63. The quantitative estimate of drug-likeness (QED) is 0.691. The number of Topliss-reactive ketones (excluding diaryl/α,β-unsaturated/α-hetero) is 1. The molecule has 0 bridgehead atoms. The van der Waals surface area contributed by atoms with Gasteiger partial charge < -0.3 is 0 Å². The fourth-order valence-electron chi connectivity index (χ4n) is 1.82. The number of carbonyl (C=O) groups excluding carboxylic acids is 1. The normalized spacial score (nSPS) is 15.9. The van der Waals surface area contributed by atoms with E-state index in [1.54, 1.807) is 11.3 Å². The second-order valence-electron chi connectivity index (χ2n) is 4.10. The zero-order valence-electron chi connectivity index (χ0n) is 9.11. The van der Waals surface area contributed by atoms with Gasteiger partial charge in [-0.05, 0) is 37.3 Å². The first-order valence-electron chi connectivity index (χ1n) is 5.62. The van der Waals surface area contributed by atoms with Crippen LogP contribution in [0.5, 0.6) is 0 Å².